The normalized spacial score (nSPS) is 15.0. The van der Waals surface area contributed by atoms with E-state index in [4.69, 9.17) is 4.74 Å². The molecule has 4 nitrogen and oxygen atoms in total. The summed E-state index contributed by atoms with van der Waals surface area (Å²) in [4.78, 5) is 0. The third kappa shape index (κ3) is 3.94. The van der Waals surface area contributed by atoms with E-state index in [1.807, 2.05) is 20.2 Å². The lowest BCUT2D eigenvalue weighted by molar-refractivity contribution is -0.0363. The number of aliphatic hydroxyl groups excluding tert-OH is 1. The molecule has 0 spiro atoms. The van der Waals surface area contributed by atoms with E-state index < -0.39 is 6.10 Å². The molecule has 0 saturated carbocycles. The van der Waals surface area contributed by atoms with E-state index in [-0.39, 0.29) is 6.10 Å². The Bertz CT molecular complexity index is 293. The van der Waals surface area contributed by atoms with Gasteiger partial charge in [-0.3, -0.25) is 4.68 Å². The summed E-state index contributed by atoms with van der Waals surface area (Å²) in [6.07, 6.45) is 5.75. The Kier molecular flexibility index (Phi) is 5.49. The Morgan fingerprint density at radius 1 is 1.50 bits per heavy atom. The van der Waals surface area contributed by atoms with Crippen molar-refractivity contribution in [2.75, 3.05) is 6.61 Å². The monoisotopic (exact) mass is 226 g/mol. The number of ether oxygens (including phenoxy) is 1. The van der Waals surface area contributed by atoms with Crippen molar-refractivity contribution in [2.24, 2.45) is 7.05 Å². The molecule has 0 amide bonds. The molecular weight excluding hydrogens is 204 g/mol. The van der Waals surface area contributed by atoms with Crippen LogP contribution in [0, 0.1) is 0 Å². The predicted octanol–water partition coefficient (Wildman–Crippen LogP) is 1.53. The number of aryl methyl sites for hydroxylation is 1. The molecule has 1 aromatic rings. The first kappa shape index (κ1) is 13.2. The first-order valence-electron chi connectivity index (χ1n) is 5.94. The highest BCUT2D eigenvalue weighted by atomic mass is 16.5. The van der Waals surface area contributed by atoms with Gasteiger partial charge in [0.25, 0.3) is 0 Å². The first-order valence-corrected chi connectivity index (χ1v) is 5.94. The highest BCUT2D eigenvalue weighted by molar-refractivity contribution is 5.05. The van der Waals surface area contributed by atoms with Crippen LogP contribution in [0.25, 0.3) is 0 Å². The van der Waals surface area contributed by atoms with Crippen molar-refractivity contribution in [1.29, 1.82) is 0 Å². The molecule has 0 bridgehead atoms. The van der Waals surface area contributed by atoms with E-state index in [1.165, 1.54) is 0 Å². The van der Waals surface area contributed by atoms with Crippen molar-refractivity contribution < 1.29 is 9.84 Å². The van der Waals surface area contributed by atoms with Gasteiger partial charge in [-0.2, -0.15) is 5.10 Å². The molecular formula is C12H22N2O2. The van der Waals surface area contributed by atoms with Gasteiger partial charge in [-0.1, -0.05) is 13.3 Å². The number of aromatic nitrogens is 2. The predicted molar refractivity (Wildman–Crippen MR) is 63.2 cm³/mol. The average Bonchev–Trinajstić information content (AvgIpc) is 2.63. The van der Waals surface area contributed by atoms with Crippen LogP contribution in [-0.2, 0) is 18.2 Å². The molecule has 0 aliphatic heterocycles. The lowest BCUT2D eigenvalue weighted by Gasteiger charge is -2.21. The number of hydrogen-bond acceptors (Lipinski definition) is 3. The van der Waals surface area contributed by atoms with Crippen LogP contribution in [-0.4, -0.2) is 33.7 Å². The summed E-state index contributed by atoms with van der Waals surface area (Å²) in [6, 6.07) is 0. The van der Waals surface area contributed by atoms with Gasteiger partial charge >= 0.3 is 0 Å². The number of rotatable bonds is 7. The van der Waals surface area contributed by atoms with E-state index >= 15 is 0 Å². The average molecular weight is 226 g/mol. The molecule has 0 fully saturated rings. The quantitative estimate of drug-likeness (QED) is 0.767. The van der Waals surface area contributed by atoms with Crippen molar-refractivity contribution in [3.63, 3.8) is 0 Å². The fourth-order valence-electron chi connectivity index (χ4n) is 1.84. The molecule has 0 aliphatic carbocycles. The van der Waals surface area contributed by atoms with E-state index in [1.54, 1.807) is 10.9 Å². The third-order valence-corrected chi connectivity index (χ3v) is 2.59. The summed E-state index contributed by atoms with van der Waals surface area (Å²) < 4.78 is 7.29. The molecule has 1 rings (SSSR count). The van der Waals surface area contributed by atoms with Gasteiger partial charge in [-0.25, -0.2) is 0 Å². The summed E-state index contributed by atoms with van der Waals surface area (Å²) in [5, 5.41) is 14.2. The van der Waals surface area contributed by atoms with E-state index in [0.717, 1.165) is 18.4 Å². The lowest BCUT2D eigenvalue weighted by Crippen LogP contribution is -2.30. The highest BCUT2D eigenvalue weighted by Gasteiger charge is 2.19. The minimum absolute atomic E-state index is 0.0600. The summed E-state index contributed by atoms with van der Waals surface area (Å²) in [7, 11) is 1.88. The maximum atomic E-state index is 10.1. The molecule has 4 heteroatoms. The van der Waals surface area contributed by atoms with E-state index in [2.05, 4.69) is 12.0 Å². The highest BCUT2D eigenvalue weighted by Crippen LogP contribution is 2.12. The van der Waals surface area contributed by atoms with Crippen LogP contribution in [0.5, 0.6) is 0 Å². The molecule has 0 saturated heterocycles. The van der Waals surface area contributed by atoms with Crippen molar-refractivity contribution >= 4 is 0 Å². The fourth-order valence-corrected chi connectivity index (χ4v) is 1.84. The molecule has 0 radical (unpaired) electrons. The number of nitrogens with zero attached hydrogens (tertiary/aromatic N) is 2. The van der Waals surface area contributed by atoms with Crippen LogP contribution in [0.2, 0.25) is 0 Å². The minimum Gasteiger partial charge on any atom is -0.390 e. The Hall–Kier alpha value is -0.870. The second-order valence-electron chi connectivity index (χ2n) is 4.08. The Morgan fingerprint density at radius 2 is 2.25 bits per heavy atom. The zero-order valence-electron chi connectivity index (χ0n) is 10.4. The van der Waals surface area contributed by atoms with Crippen LogP contribution >= 0.6 is 0 Å². The summed E-state index contributed by atoms with van der Waals surface area (Å²) >= 11 is 0. The van der Waals surface area contributed by atoms with E-state index in [0.29, 0.717) is 13.0 Å². The molecule has 1 N–H and O–H groups in total. The molecule has 0 aromatic carbocycles. The second kappa shape index (κ2) is 6.66. The van der Waals surface area contributed by atoms with Crippen LogP contribution in [0.1, 0.15) is 32.3 Å². The van der Waals surface area contributed by atoms with Gasteiger partial charge in [-0.05, 0) is 18.9 Å². The van der Waals surface area contributed by atoms with Gasteiger partial charge in [0, 0.05) is 26.3 Å². The minimum atomic E-state index is -0.441. The lowest BCUT2D eigenvalue weighted by atomic mass is 10.0. The molecule has 1 aromatic heterocycles. The maximum absolute atomic E-state index is 10.1. The molecule has 2 unspecified atom stereocenters. The SMILES string of the molecule is CCCC(OCC)C(O)Cc1cnn(C)c1. The van der Waals surface area contributed by atoms with Gasteiger partial charge in [0.2, 0.25) is 0 Å². The van der Waals surface area contributed by atoms with Crippen LogP contribution in [0.15, 0.2) is 12.4 Å². The number of hydrogen-bond donors (Lipinski definition) is 1. The first-order chi connectivity index (χ1) is 7.67. The summed E-state index contributed by atoms with van der Waals surface area (Å²) in [5.41, 5.74) is 1.05. The van der Waals surface area contributed by atoms with Crippen molar-refractivity contribution in [3.05, 3.63) is 18.0 Å². The van der Waals surface area contributed by atoms with Gasteiger partial charge in [0.1, 0.15) is 0 Å². The molecule has 16 heavy (non-hydrogen) atoms. The van der Waals surface area contributed by atoms with Crippen LogP contribution in [0.4, 0.5) is 0 Å². The van der Waals surface area contributed by atoms with E-state index in [9.17, 15) is 5.11 Å². The van der Waals surface area contributed by atoms with Gasteiger partial charge < -0.3 is 9.84 Å². The van der Waals surface area contributed by atoms with Crippen LogP contribution < -0.4 is 0 Å². The van der Waals surface area contributed by atoms with Gasteiger partial charge in [0.15, 0.2) is 0 Å². The van der Waals surface area contributed by atoms with Crippen molar-refractivity contribution in [3.8, 4) is 0 Å². The molecule has 0 aliphatic rings. The Labute approximate surface area is 97.2 Å². The van der Waals surface area contributed by atoms with Crippen LogP contribution in [0.3, 0.4) is 0 Å². The number of aliphatic hydroxyl groups is 1. The van der Waals surface area contributed by atoms with Gasteiger partial charge in [0.05, 0.1) is 18.4 Å². The topological polar surface area (TPSA) is 47.3 Å². The largest absolute Gasteiger partial charge is 0.390 e. The summed E-state index contributed by atoms with van der Waals surface area (Å²) in [5.74, 6) is 0. The molecule has 92 valence electrons. The Balaban J connectivity index is 2.50. The van der Waals surface area contributed by atoms with Crippen molar-refractivity contribution in [2.45, 2.75) is 45.3 Å². The Morgan fingerprint density at radius 3 is 2.75 bits per heavy atom. The molecule has 1 heterocycles. The fraction of sp³-hybridized carbons (Fsp3) is 0.750. The van der Waals surface area contributed by atoms with Gasteiger partial charge in [-0.15, -0.1) is 0 Å². The maximum Gasteiger partial charge on any atom is 0.0843 e. The van der Waals surface area contributed by atoms with Crippen molar-refractivity contribution in [1.82, 2.24) is 9.78 Å². The standard InChI is InChI=1S/C12H22N2O2/c1-4-6-12(16-5-2)11(15)7-10-8-13-14(3)9-10/h8-9,11-12,15H,4-7H2,1-3H3. The second-order valence-corrected chi connectivity index (χ2v) is 4.08. The molecule has 2 atom stereocenters. The third-order valence-electron chi connectivity index (χ3n) is 2.59. The zero-order valence-corrected chi connectivity index (χ0v) is 10.4. The summed E-state index contributed by atoms with van der Waals surface area (Å²) in [6.45, 7) is 4.71. The smallest absolute Gasteiger partial charge is 0.0843 e. The zero-order chi connectivity index (χ0) is 12.0.